The Morgan fingerprint density at radius 1 is 1.20 bits per heavy atom. The van der Waals surface area contributed by atoms with Crippen molar-refractivity contribution in [1.82, 2.24) is 14.9 Å². The third-order valence-corrected chi connectivity index (χ3v) is 4.63. The van der Waals surface area contributed by atoms with Crippen LogP contribution in [-0.2, 0) is 4.74 Å². The molecule has 0 radical (unpaired) electrons. The topological polar surface area (TPSA) is 41.5 Å². The summed E-state index contributed by atoms with van der Waals surface area (Å²) in [6.07, 6.45) is 7.56. The molecule has 1 aromatic rings. The monoisotopic (exact) mass is 276 g/mol. The van der Waals surface area contributed by atoms with Crippen LogP contribution in [0.5, 0.6) is 0 Å². The normalized spacial score (nSPS) is 27.4. The van der Waals surface area contributed by atoms with Crippen LogP contribution in [0.15, 0.2) is 18.5 Å². The van der Waals surface area contributed by atoms with Crippen LogP contribution in [-0.4, -0.2) is 61.3 Å². The molecular formula is C15H24N4O. The number of aromatic nitrogens is 2. The molecule has 3 heterocycles. The highest BCUT2D eigenvalue weighted by Gasteiger charge is 2.41. The van der Waals surface area contributed by atoms with E-state index in [1.54, 1.807) is 7.11 Å². The van der Waals surface area contributed by atoms with Crippen molar-refractivity contribution < 1.29 is 4.74 Å². The maximum absolute atomic E-state index is 5.21. The second kappa shape index (κ2) is 6.06. The Bertz CT molecular complexity index is 427. The number of piperidine rings is 1. The van der Waals surface area contributed by atoms with Gasteiger partial charge in [-0.15, -0.1) is 0 Å². The summed E-state index contributed by atoms with van der Waals surface area (Å²) in [5, 5.41) is 0. The summed E-state index contributed by atoms with van der Waals surface area (Å²) in [7, 11) is 1.78. The van der Waals surface area contributed by atoms with Gasteiger partial charge in [0.1, 0.15) is 0 Å². The lowest BCUT2D eigenvalue weighted by atomic mass is 9.79. The van der Waals surface area contributed by atoms with Crippen molar-refractivity contribution in [3.05, 3.63) is 18.5 Å². The molecule has 5 nitrogen and oxygen atoms in total. The lowest BCUT2D eigenvalue weighted by Crippen LogP contribution is -2.45. The fourth-order valence-electron chi connectivity index (χ4n) is 3.61. The first-order valence-electron chi connectivity index (χ1n) is 7.55. The zero-order valence-corrected chi connectivity index (χ0v) is 12.3. The highest BCUT2D eigenvalue weighted by atomic mass is 16.5. The quantitative estimate of drug-likeness (QED) is 0.832. The first-order valence-corrected chi connectivity index (χ1v) is 7.55. The van der Waals surface area contributed by atoms with E-state index < -0.39 is 0 Å². The molecule has 110 valence electrons. The van der Waals surface area contributed by atoms with Crippen LogP contribution in [0.4, 0.5) is 5.95 Å². The average Bonchev–Trinajstić information content (AvgIpc) is 2.90. The molecule has 5 heteroatoms. The van der Waals surface area contributed by atoms with E-state index in [4.69, 9.17) is 4.74 Å². The third-order valence-electron chi connectivity index (χ3n) is 4.63. The number of hydrogen-bond acceptors (Lipinski definition) is 5. The molecule has 2 fully saturated rings. The van der Waals surface area contributed by atoms with E-state index in [1.165, 1.54) is 32.4 Å². The molecular weight excluding hydrogens is 252 g/mol. The Kier molecular flexibility index (Phi) is 4.17. The molecule has 1 spiro atoms. The van der Waals surface area contributed by atoms with E-state index in [9.17, 15) is 0 Å². The van der Waals surface area contributed by atoms with Crippen LogP contribution in [0.25, 0.3) is 0 Å². The third kappa shape index (κ3) is 2.94. The van der Waals surface area contributed by atoms with Crippen molar-refractivity contribution in [2.75, 3.05) is 51.3 Å². The molecule has 2 aliphatic heterocycles. The van der Waals surface area contributed by atoms with E-state index in [0.717, 1.165) is 32.2 Å². The van der Waals surface area contributed by atoms with Crippen molar-refractivity contribution in [2.24, 2.45) is 5.41 Å². The molecule has 2 saturated heterocycles. The van der Waals surface area contributed by atoms with Gasteiger partial charge in [-0.3, -0.25) is 0 Å². The summed E-state index contributed by atoms with van der Waals surface area (Å²) in [5.41, 5.74) is 0.436. The van der Waals surface area contributed by atoms with E-state index in [-0.39, 0.29) is 0 Å². The Hall–Kier alpha value is -1.20. The first-order chi connectivity index (χ1) is 9.81. The molecule has 0 aromatic carbocycles. The smallest absolute Gasteiger partial charge is 0.225 e. The molecule has 0 bridgehead atoms. The molecule has 0 N–H and O–H groups in total. The highest BCUT2D eigenvalue weighted by molar-refractivity contribution is 5.32. The van der Waals surface area contributed by atoms with E-state index >= 15 is 0 Å². The van der Waals surface area contributed by atoms with Crippen molar-refractivity contribution in [1.29, 1.82) is 0 Å². The van der Waals surface area contributed by atoms with Gasteiger partial charge in [0.05, 0.1) is 6.61 Å². The molecule has 2 aliphatic rings. The fraction of sp³-hybridized carbons (Fsp3) is 0.733. The Balaban J connectivity index is 1.63. The van der Waals surface area contributed by atoms with Crippen LogP contribution in [0, 0.1) is 5.41 Å². The molecule has 0 aliphatic carbocycles. The molecule has 20 heavy (non-hydrogen) atoms. The van der Waals surface area contributed by atoms with Gasteiger partial charge in [0, 0.05) is 51.1 Å². The van der Waals surface area contributed by atoms with E-state index in [0.29, 0.717) is 5.41 Å². The minimum atomic E-state index is 0.436. The zero-order chi connectivity index (χ0) is 13.8. The first kappa shape index (κ1) is 13.8. The van der Waals surface area contributed by atoms with Gasteiger partial charge in [-0.1, -0.05) is 0 Å². The maximum atomic E-state index is 5.21. The van der Waals surface area contributed by atoms with Crippen molar-refractivity contribution in [3.63, 3.8) is 0 Å². The second-order valence-corrected chi connectivity index (χ2v) is 6.09. The second-order valence-electron chi connectivity index (χ2n) is 6.09. The van der Waals surface area contributed by atoms with Gasteiger partial charge in [-0.05, 0) is 31.9 Å². The van der Waals surface area contributed by atoms with Gasteiger partial charge >= 0.3 is 0 Å². The van der Waals surface area contributed by atoms with Crippen molar-refractivity contribution >= 4 is 5.95 Å². The zero-order valence-electron chi connectivity index (χ0n) is 12.3. The summed E-state index contributed by atoms with van der Waals surface area (Å²) in [6.45, 7) is 6.48. The lowest BCUT2D eigenvalue weighted by Gasteiger charge is -2.40. The van der Waals surface area contributed by atoms with Crippen LogP contribution < -0.4 is 4.90 Å². The van der Waals surface area contributed by atoms with Gasteiger partial charge < -0.3 is 14.5 Å². The van der Waals surface area contributed by atoms with Crippen LogP contribution >= 0.6 is 0 Å². The minimum Gasteiger partial charge on any atom is -0.383 e. The molecule has 1 aromatic heterocycles. The molecule has 0 amide bonds. The Morgan fingerprint density at radius 3 is 2.85 bits per heavy atom. The predicted molar refractivity (Wildman–Crippen MR) is 78.8 cm³/mol. The maximum Gasteiger partial charge on any atom is 0.225 e. The van der Waals surface area contributed by atoms with Crippen LogP contribution in [0.1, 0.15) is 19.3 Å². The standard InChI is InChI=1S/C15H24N4O/c1-20-11-10-18-8-2-4-15(12-18)5-9-19(13-15)14-16-6-3-7-17-14/h3,6-7H,2,4-5,8-13H2,1H3/t15-/m0/s1. The average molecular weight is 276 g/mol. The molecule has 3 rings (SSSR count). The van der Waals surface area contributed by atoms with Gasteiger partial charge in [-0.25, -0.2) is 9.97 Å². The lowest BCUT2D eigenvalue weighted by molar-refractivity contribution is 0.0755. The number of hydrogen-bond donors (Lipinski definition) is 0. The number of methoxy groups -OCH3 is 1. The number of nitrogens with zero attached hydrogens (tertiary/aromatic N) is 4. The van der Waals surface area contributed by atoms with Crippen molar-refractivity contribution in [2.45, 2.75) is 19.3 Å². The SMILES string of the molecule is COCCN1CCC[C@]2(CCN(c3ncccn3)C2)C1. The Morgan fingerprint density at radius 2 is 2.05 bits per heavy atom. The Labute approximate surface area is 121 Å². The van der Waals surface area contributed by atoms with Gasteiger partial charge in [0.2, 0.25) is 5.95 Å². The number of rotatable bonds is 4. The van der Waals surface area contributed by atoms with Gasteiger partial charge in [0.25, 0.3) is 0 Å². The summed E-state index contributed by atoms with van der Waals surface area (Å²) in [5.74, 6) is 0.887. The van der Waals surface area contributed by atoms with Crippen molar-refractivity contribution in [3.8, 4) is 0 Å². The van der Waals surface area contributed by atoms with E-state index in [1.807, 2.05) is 18.5 Å². The summed E-state index contributed by atoms with van der Waals surface area (Å²) >= 11 is 0. The largest absolute Gasteiger partial charge is 0.383 e. The minimum absolute atomic E-state index is 0.436. The summed E-state index contributed by atoms with van der Waals surface area (Å²) < 4.78 is 5.21. The summed E-state index contributed by atoms with van der Waals surface area (Å²) in [4.78, 5) is 13.7. The van der Waals surface area contributed by atoms with Gasteiger partial charge in [0.15, 0.2) is 0 Å². The number of anilines is 1. The molecule has 0 unspecified atom stereocenters. The molecule has 0 saturated carbocycles. The van der Waals surface area contributed by atoms with Gasteiger partial charge in [-0.2, -0.15) is 0 Å². The summed E-state index contributed by atoms with van der Waals surface area (Å²) in [6, 6.07) is 1.88. The van der Waals surface area contributed by atoms with Crippen LogP contribution in [0.2, 0.25) is 0 Å². The molecule has 1 atom stereocenters. The van der Waals surface area contributed by atoms with Crippen LogP contribution in [0.3, 0.4) is 0 Å². The fourth-order valence-corrected chi connectivity index (χ4v) is 3.61. The highest BCUT2D eigenvalue weighted by Crippen LogP contribution is 2.39. The van der Waals surface area contributed by atoms with E-state index in [2.05, 4.69) is 19.8 Å². The number of ether oxygens (including phenoxy) is 1. The number of likely N-dealkylation sites (tertiary alicyclic amines) is 1. The predicted octanol–water partition coefficient (Wildman–Crippen LogP) is 1.42.